The smallest absolute Gasteiger partial charge is 0.191 e. The quantitative estimate of drug-likeness (QED) is 0.777. The van der Waals surface area contributed by atoms with Crippen LogP contribution in [0.25, 0.3) is 0 Å². The van der Waals surface area contributed by atoms with E-state index in [0.717, 1.165) is 32.0 Å². The van der Waals surface area contributed by atoms with Crippen LogP contribution in [0, 0.1) is 0 Å². The second kappa shape index (κ2) is 4.82. The molecule has 0 spiro atoms. The number of benzene rings is 1. The zero-order chi connectivity index (χ0) is 10.5. The Labute approximate surface area is 90.6 Å². The van der Waals surface area contributed by atoms with Crippen molar-refractivity contribution in [3.05, 3.63) is 35.4 Å². The van der Waals surface area contributed by atoms with Crippen LogP contribution in [0.15, 0.2) is 29.3 Å². The van der Waals surface area contributed by atoms with E-state index in [1.54, 1.807) is 0 Å². The number of hydrogen-bond donors (Lipinski definition) is 2. The van der Waals surface area contributed by atoms with Crippen LogP contribution in [0.3, 0.4) is 0 Å². The number of aryl methyl sites for hydroxylation is 1. The van der Waals surface area contributed by atoms with E-state index in [-0.39, 0.29) is 0 Å². The number of rotatable bonds is 3. The van der Waals surface area contributed by atoms with Gasteiger partial charge in [0.1, 0.15) is 0 Å². The van der Waals surface area contributed by atoms with Crippen molar-refractivity contribution in [2.45, 2.75) is 19.9 Å². The average molecular weight is 203 g/mol. The van der Waals surface area contributed by atoms with Crippen molar-refractivity contribution in [2.75, 3.05) is 13.1 Å². The third kappa shape index (κ3) is 2.49. The van der Waals surface area contributed by atoms with Gasteiger partial charge in [-0.25, -0.2) is 0 Å². The van der Waals surface area contributed by atoms with Crippen LogP contribution >= 0.6 is 0 Å². The fraction of sp³-hybridized carbons (Fsp3) is 0.417. The van der Waals surface area contributed by atoms with Crippen molar-refractivity contribution in [1.82, 2.24) is 10.6 Å². The van der Waals surface area contributed by atoms with Gasteiger partial charge in [-0.3, -0.25) is 4.99 Å². The molecular weight excluding hydrogens is 186 g/mol. The molecule has 1 aliphatic rings. The van der Waals surface area contributed by atoms with Crippen molar-refractivity contribution in [3.8, 4) is 0 Å². The molecule has 3 heteroatoms. The Bertz CT molecular complexity index is 358. The van der Waals surface area contributed by atoms with Crippen molar-refractivity contribution in [1.29, 1.82) is 0 Å². The molecule has 0 aromatic heterocycles. The molecule has 0 atom stereocenters. The summed E-state index contributed by atoms with van der Waals surface area (Å²) in [5.74, 6) is 0.931. The largest absolute Gasteiger partial charge is 0.355 e. The van der Waals surface area contributed by atoms with Gasteiger partial charge in [-0.1, -0.05) is 31.2 Å². The summed E-state index contributed by atoms with van der Waals surface area (Å²) < 4.78 is 0. The lowest BCUT2D eigenvalue weighted by molar-refractivity contribution is 0.854. The lowest BCUT2D eigenvalue weighted by Gasteiger charge is -2.10. The molecule has 0 saturated carbocycles. The summed E-state index contributed by atoms with van der Waals surface area (Å²) in [4.78, 5) is 4.30. The predicted octanol–water partition coefficient (Wildman–Crippen LogP) is 1.30. The highest BCUT2D eigenvalue weighted by Crippen LogP contribution is 2.08. The van der Waals surface area contributed by atoms with Crippen LogP contribution in [-0.2, 0) is 13.0 Å². The van der Waals surface area contributed by atoms with E-state index in [0.29, 0.717) is 0 Å². The third-order valence-electron chi connectivity index (χ3n) is 2.62. The van der Waals surface area contributed by atoms with Gasteiger partial charge >= 0.3 is 0 Å². The first-order chi connectivity index (χ1) is 7.40. The first kappa shape index (κ1) is 10.0. The Morgan fingerprint density at radius 3 is 2.80 bits per heavy atom. The number of aliphatic imine (C=N–C) groups is 1. The van der Waals surface area contributed by atoms with Crippen LogP contribution in [0.1, 0.15) is 18.1 Å². The van der Waals surface area contributed by atoms with E-state index in [4.69, 9.17) is 0 Å². The zero-order valence-electron chi connectivity index (χ0n) is 9.09. The molecule has 0 saturated heterocycles. The molecule has 0 aliphatic carbocycles. The van der Waals surface area contributed by atoms with Gasteiger partial charge in [-0.15, -0.1) is 0 Å². The molecule has 15 heavy (non-hydrogen) atoms. The normalized spacial score (nSPS) is 14.6. The maximum absolute atomic E-state index is 4.30. The molecule has 1 heterocycles. The molecule has 1 aromatic carbocycles. The minimum Gasteiger partial charge on any atom is -0.355 e. The van der Waals surface area contributed by atoms with Gasteiger partial charge in [-0.05, 0) is 17.5 Å². The van der Waals surface area contributed by atoms with Crippen molar-refractivity contribution in [3.63, 3.8) is 0 Å². The average Bonchev–Trinajstić information content (AvgIpc) is 2.79. The number of hydrogen-bond acceptors (Lipinski definition) is 3. The molecule has 2 N–H and O–H groups in total. The van der Waals surface area contributed by atoms with Crippen LogP contribution in [0.4, 0.5) is 0 Å². The first-order valence-corrected chi connectivity index (χ1v) is 5.49. The van der Waals surface area contributed by atoms with Gasteiger partial charge in [-0.2, -0.15) is 0 Å². The van der Waals surface area contributed by atoms with E-state index in [2.05, 4.69) is 46.8 Å². The van der Waals surface area contributed by atoms with Crippen LogP contribution < -0.4 is 10.6 Å². The standard InChI is InChI=1S/C12H17N3/c1-2-10-5-3-4-6-11(10)9-15-12-13-7-8-14-12/h3-6H,2,7-9H2,1H3,(H2,13,14,15). The molecule has 2 rings (SSSR count). The first-order valence-electron chi connectivity index (χ1n) is 5.49. The Morgan fingerprint density at radius 2 is 2.13 bits per heavy atom. The van der Waals surface area contributed by atoms with Crippen molar-refractivity contribution < 1.29 is 0 Å². The lowest BCUT2D eigenvalue weighted by Crippen LogP contribution is -2.33. The predicted molar refractivity (Wildman–Crippen MR) is 63.0 cm³/mol. The molecule has 1 aliphatic heterocycles. The summed E-state index contributed by atoms with van der Waals surface area (Å²) in [6, 6.07) is 8.52. The molecule has 0 unspecified atom stereocenters. The minimum absolute atomic E-state index is 0.857. The summed E-state index contributed by atoms with van der Waals surface area (Å²) in [7, 11) is 0. The van der Waals surface area contributed by atoms with Gasteiger partial charge in [0.25, 0.3) is 0 Å². The fourth-order valence-electron chi connectivity index (χ4n) is 1.77. The molecule has 0 amide bonds. The molecule has 80 valence electrons. The lowest BCUT2D eigenvalue weighted by atomic mass is 10.1. The molecule has 0 radical (unpaired) electrons. The van der Waals surface area contributed by atoms with Gasteiger partial charge in [0.05, 0.1) is 6.54 Å². The highest BCUT2D eigenvalue weighted by atomic mass is 15.2. The Kier molecular flexibility index (Phi) is 3.22. The highest BCUT2D eigenvalue weighted by molar-refractivity contribution is 5.81. The van der Waals surface area contributed by atoms with E-state index in [1.165, 1.54) is 11.1 Å². The Hall–Kier alpha value is -1.51. The summed E-state index contributed by atoms with van der Waals surface area (Å²) in [6.07, 6.45) is 1.08. The maximum Gasteiger partial charge on any atom is 0.191 e. The highest BCUT2D eigenvalue weighted by Gasteiger charge is 2.04. The monoisotopic (exact) mass is 203 g/mol. The number of nitrogens with one attached hydrogen (secondary N) is 2. The van der Waals surface area contributed by atoms with E-state index >= 15 is 0 Å². The minimum atomic E-state index is 0.857. The number of nitrogens with zero attached hydrogens (tertiary/aromatic N) is 1. The molecule has 0 bridgehead atoms. The van der Waals surface area contributed by atoms with E-state index in [1.807, 2.05) is 0 Å². The van der Waals surface area contributed by atoms with E-state index < -0.39 is 0 Å². The second-order valence-corrected chi connectivity index (χ2v) is 3.63. The Balaban J connectivity index is 1.97. The number of guanidine groups is 1. The van der Waals surface area contributed by atoms with Crippen molar-refractivity contribution >= 4 is 5.96 Å². The molecular formula is C12H17N3. The second-order valence-electron chi connectivity index (χ2n) is 3.63. The molecule has 1 aromatic rings. The van der Waals surface area contributed by atoms with Gasteiger partial charge in [0, 0.05) is 13.1 Å². The van der Waals surface area contributed by atoms with Crippen LogP contribution in [0.5, 0.6) is 0 Å². The van der Waals surface area contributed by atoms with Crippen LogP contribution in [0.2, 0.25) is 0 Å². The molecule has 3 nitrogen and oxygen atoms in total. The zero-order valence-corrected chi connectivity index (χ0v) is 9.09. The third-order valence-corrected chi connectivity index (χ3v) is 2.62. The van der Waals surface area contributed by atoms with Crippen LogP contribution in [-0.4, -0.2) is 19.0 Å². The summed E-state index contributed by atoms with van der Waals surface area (Å²) in [5, 5.41) is 6.51. The SMILES string of the molecule is CCc1ccccc1CNC1=NCCN1. The summed E-state index contributed by atoms with van der Waals surface area (Å²) in [6.45, 7) is 4.88. The van der Waals surface area contributed by atoms with Gasteiger partial charge in [0.15, 0.2) is 5.96 Å². The maximum atomic E-state index is 4.30. The fourth-order valence-corrected chi connectivity index (χ4v) is 1.77. The summed E-state index contributed by atoms with van der Waals surface area (Å²) >= 11 is 0. The molecule has 0 fully saturated rings. The van der Waals surface area contributed by atoms with Crippen molar-refractivity contribution in [2.24, 2.45) is 4.99 Å². The topological polar surface area (TPSA) is 36.4 Å². The van der Waals surface area contributed by atoms with Gasteiger partial charge < -0.3 is 10.6 Å². The van der Waals surface area contributed by atoms with E-state index in [9.17, 15) is 0 Å². The van der Waals surface area contributed by atoms with Gasteiger partial charge in [0.2, 0.25) is 0 Å². The summed E-state index contributed by atoms with van der Waals surface area (Å²) in [5.41, 5.74) is 2.76. The Morgan fingerprint density at radius 1 is 1.33 bits per heavy atom.